The number of fused-ring (bicyclic) bond motifs is 1. The fourth-order valence-electron chi connectivity index (χ4n) is 2.96. The van der Waals surface area contributed by atoms with Crippen LogP contribution >= 0.6 is 0 Å². The maximum atomic E-state index is 5.80. The van der Waals surface area contributed by atoms with Gasteiger partial charge in [0.1, 0.15) is 5.75 Å². The van der Waals surface area contributed by atoms with Gasteiger partial charge in [-0.2, -0.15) is 0 Å². The number of hydrogen-bond acceptors (Lipinski definition) is 2. The molecule has 0 aromatic heterocycles. The van der Waals surface area contributed by atoms with E-state index in [-0.39, 0.29) is 0 Å². The Labute approximate surface area is 127 Å². The molecule has 110 valence electrons. The summed E-state index contributed by atoms with van der Waals surface area (Å²) < 4.78 is 5.80. The third kappa shape index (κ3) is 3.45. The van der Waals surface area contributed by atoms with E-state index in [9.17, 15) is 0 Å². The highest BCUT2D eigenvalue weighted by atomic mass is 16.5. The van der Waals surface area contributed by atoms with Crippen LogP contribution in [-0.4, -0.2) is 12.6 Å². The highest BCUT2D eigenvalue weighted by Gasteiger charge is 2.22. The summed E-state index contributed by atoms with van der Waals surface area (Å²) in [6.07, 6.45) is 2.02. The topological polar surface area (TPSA) is 21.3 Å². The number of benzene rings is 2. The first-order valence-electron chi connectivity index (χ1n) is 7.78. The van der Waals surface area contributed by atoms with Crippen molar-refractivity contribution >= 4 is 0 Å². The molecule has 1 aliphatic rings. The van der Waals surface area contributed by atoms with E-state index >= 15 is 0 Å². The molecule has 0 saturated heterocycles. The Kier molecular flexibility index (Phi) is 4.26. The normalized spacial score (nSPS) is 17.4. The van der Waals surface area contributed by atoms with Crippen molar-refractivity contribution in [3.8, 4) is 5.75 Å². The van der Waals surface area contributed by atoms with E-state index in [0.29, 0.717) is 12.1 Å². The van der Waals surface area contributed by atoms with Crippen LogP contribution in [0, 0.1) is 0 Å². The van der Waals surface area contributed by atoms with E-state index in [0.717, 1.165) is 25.2 Å². The van der Waals surface area contributed by atoms with Gasteiger partial charge in [-0.15, -0.1) is 0 Å². The Bertz CT molecular complexity index is 592. The van der Waals surface area contributed by atoms with Gasteiger partial charge in [-0.05, 0) is 23.6 Å². The van der Waals surface area contributed by atoms with Gasteiger partial charge in [-0.25, -0.2) is 0 Å². The molecule has 0 aliphatic carbocycles. The molecule has 0 radical (unpaired) electrons. The monoisotopic (exact) mass is 281 g/mol. The minimum absolute atomic E-state index is 0.407. The highest BCUT2D eigenvalue weighted by Crippen LogP contribution is 2.33. The largest absolute Gasteiger partial charge is 0.493 e. The fourth-order valence-corrected chi connectivity index (χ4v) is 2.96. The predicted molar refractivity (Wildman–Crippen MR) is 86.8 cm³/mol. The molecular weight excluding hydrogens is 258 g/mol. The van der Waals surface area contributed by atoms with Crippen molar-refractivity contribution in [2.24, 2.45) is 0 Å². The Balaban J connectivity index is 1.85. The minimum atomic E-state index is 0.407. The summed E-state index contributed by atoms with van der Waals surface area (Å²) in [5.41, 5.74) is 4.01. The summed E-state index contributed by atoms with van der Waals surface area (Å²) in [4.78, 5) is 0. The third-order valence-electron chi connectivity index (χ3n) is 3.90. The lowest BCUT2D eigenvalue weighted by molar-refractivity contribution is 0.247. The lowest BCUT2D eigenvalue weighted by Crippen LogP contribution is -2.32. The molecule has 0 bridgehead atoms. The smallest absolute Gasteiger partial charge is 0.124 e. The van der Waals surface area contributed by atoms with Gasteiger partial charge in [0.25, 0.3) is 0 Å². The quantitative estimate of drug-likeness (QED) is 0.911. The van der Waals surface area contributed by atoms with E-state index in [1.54, 1.807) is 0 Å². The SMILES string of the molecule is CC(C)NC1CCOc2ccc(Cc3ccccc3)cc21. The van der Waals surface area contributed by atoms with Crippen molar-refractivity contribution in [1.29, 1.82) is 0 Å². The molecule has 1 heterocycles. The van der Waals surface area contributed by atoms with Crippen LogP contribution in [0.4, 0.5) is 0 Å². The van der Waals surface area contributed by atoms with Gasteiger partial charge in [0.15, 0.2) is 0 Å². The second-order valence-electron chi connectivity index (χ2n) is 6.05. The number of nitrogens with one attached hydrogen (secondary N) is 1. The first kappa shape index (κ1) is 14.2. The minimum Gasteiger partial charge on any atom is -0.493 e. The van der Waals surface area contributed by atoms with Crippen molar-refractivity contribution in [2.45, 2.75) is 38.8 Å². The molecule has 2 heteroatoms. The van der Waals surface area contributed by atoms with E-state index < -0.39 is 0 Å². The van der Waals surface area contributed by atoms with Crippen LogP contribution < -0.4 is 10.1 Å². The van der Waals surface area contributed by atoms with Crippen molar-refractivity contribution in [3.63, 3.8) is 0 Å². The summed E-state index contributed by atoms with van der Waals surface area (Å²) in [5.74, 6) is 1.04. The first-order valence-corrected chi connectivity index (χ1v) is 7.78. The molecule has 2 aromatic carbocycles. The van der Waals surface area contributed by atoms with Gasteiger partial charge < -0.3 is 10.1 Å². The molecule has 1 aliphatic heterocycles. The standard InChI is InChI=1S/C19H23NO/c1-14(2)20-18-10-11-21-19-9-8-16(13-17(18)19)12-15-6-4-3-5-7-15/h3-9,13-14,18,20H,10-12H2,1-2H3. The molecule has 0 fully saturated rings. The van der Waals surface area contributed by atoms with Crippen LogP contribution in [0.3, 0.4) is 0 Å². The van der Waals surface area contributed by atoms with Gasteiger partial charge in [-0.3, -0.25) is 0 Å². The molecule has 3 rings (SSSR count). The second kappa shape index (κ2) is 6.31. The zero-order valence-corrected chi connectivity index (χ0v) is 12.8. The van der Waals surface area contributed by atoms with Crippen LogP contribution in [0.1, 0.15) is 43.0 Å². The number of rotatable bonds is 4. The maximum Gasteiger partial charge on any atom is 0.124 e. The van der Waals surface area contributed by atoms with Gasteiger partial charge in [0, 0.05) is 24.1 Å². The Morgan fingerprint density at radius 3 is 2.67 bits per heavy atom. The Morgan fingerprint density at radius 2 is 1.90 bits per heavy atom. The predicted octanol–water partition coefficient (Wildman–Crippen LogP) is 4.10. The number of ether oxygens (including phenoxy) is 1. The lowest BCUT2D eigenvalue weighted by atomic mass is 9.95. The third-order valence-corrected chi connectivity index (χ3v) is 3.90. The summed E-state index contributed by atoms with van der Waals surface area (Å²) in [5, 5.41) is 3.65. The van der Waals surface area contributed by atoms with Crippen molar-refractivity contribution in [3.05, 3.63) is 65.2 Å². The van der Waals surface area contributed by atoms with E-state index in [1.807, 2.05) is 0 Å². The molecule has 0 amide bonds. The molecule has 21 heavy (non-hydrogen) atoms. The summed E-state index contributed by atoms with van der Waals surface area (Å²) in [6, 6.07) is 18.1. The highest BCUT2D eigenvalue weighted by molar-refractivity contribution is 5.42. The van der Waals surface area contributed by atoms with Crippen molar-refractivity contribution in [2.75, 3.05) is 6.61 Å². The van der Waals surface area contributed by atoms with Crippen molar-refractivity contribution < 1.29 is 4.74 Å². The molecule has 0 saturated carbocycles. The summed E-state index contributed by atoms with van der Waals surface area (Å²) in [6.45, 7) is 5.20. The zero-order chi connectivity index (χ0) is 14.7. The molecular formula is C19H23NO. The zero-order valence-electron chi connectivity index (χ0n) is 12.8. The lowest BCUT2D eigenvalue weighted by Gasteiger charge is -2.29. The molecule has 1 atom stereocenters. The second-order valence-corrected chi connectivity index (χ2v) is 6.05. The van der Waals surface area contributed by atoms with Crippen LogP contribution in [0.15, 0.2) is 48.5 Å². The maximum absolute atomic E-state index is 5.80. The average molecular weight is 281 g/mol. The summed E-state index contributed by atoms with van der Waals surface area (Å²) >= 11 is 0. The number of hydrogen-bond donors (Lipinski definition) is 1. The van der Waals surface area contributed by atoms with E-state index in [2.05, 4.69) is 67.7 Å². The van der Waals surface area contributed by atoms with E-state index in [4.69, 9.17) is 4.74 Å². The molecule has 1 N–H and O–H groups in total. The van der Waals surface area contributed by atoms with Gasteiger partial charge in [0.2, 0.25) is 0 Å². The van der Waals surface area contributed by atoms with Gasteiger partial charge in [0.05, 0.1) is 6.61 Å². The van der Waals surface area contributed by atoms with Gasteiger partial charge in [-0.1, -0.05) is 56.3 Å². The van der Waals surface area contributed by atoms with E-state index in [1.165, 1.54) is 16.7 Å². The van der Waals surface area contributed by atoms with Crippen LogP contribution in [0.25, 0.3) is 0 Å². The molecule has 2 aromatic rings. The van der Waals surface area contributed by atoms with Crippen LogP contribution in [0.2, 0.25) is 0 Å². The van der Waals surface area contributed by atoms with Crippen molar-refractivity contribution in [1.82, 2.24) is 5.32 Å². The Hall–Kier alpha value is -1.80. The molecule has 1 unspecified atom stereocenters. The summed E-state index contributed by atoms with van der Waals surface area (Å²) in [7, 11) is 0. The van der Waals surface area contributed by atoms with Crippen LogP contribution in [-0.2, 0) is 6.42 Å². The molecule has 0 spiro atoms. The van der Waals surface area contributed by atoms with Gasteiger partial charge >= 0.3 is 0 Å². The molecule has 2 nitrogen and oxygen atoms in total. The first-order chi connectivity index (χ1) is 10.2. The Morgan fingerprint density at radius 1 is 1.10 bits per heavy atom. The fraction of sp³-hybridized carbons (Fsp3) is 0.368. The van der Waals surface area contributed by atoms with Crippen LogP contribution in [0.5, 0.6) is 5.75 Å². The average Bonchev–Trinajstić information content (AvgIpc) is 2.48.